The molecule has 2 heterocycles. The topological polar surface area (TPSA) is 147 Å². The van der Waals surface area contributed by atoms with Gasteiger partial charge in [0.25, 0.3) is 0 Å². The molecule has 1 aliphatic heterocycles. The van der Waals surface area contributed by atoms with Gasteiger partial charge in [-0.15, -0.1) is 6.58 Å². The maximum atomic E-state index is 14.4. The Bertz CT molecular complexity index is 1730. The average molecular weight is 657 g/mol. The van der Waals surface area contributed by atoms with Crippen LogP contribution in [0.1, 0.15) is 54.4 Å². The number of amides is 3. The minimum Gasteiger partial charge on any atom is -0.488 e. The molecule has 1 saturated heterocycles. The monoisotopic (exact) mass is 656 g/mol. The number of rotatable bonds is 9. The number of carboxylic acids is 1. The minimum atomic E-state index is -1.49. The lowest BCUT2D eigenvalue weighted by atomic mass is 9.85. The highest BCUT2D eigenvalue weighted by Gasteiger charge is 2.61. The lowest BCUT2D eigenvalue weighted by Gasteiger charge is -2.35. The Morgan fingerprint density at radius 1 is 1.04 bits per heavy atom. The van der Waals surface area contributed by atoms with Gasteiger partial charge in [0.05, 0.1) is 17.8 Å². The van der Waals surface area contributed by atoms with Gasteiger partial charge in [-0.25, -0.2) is 14.6 Å². The van der Waals surface area contributed by atoms with Gasteiger partial charge < -0.3 is 30.1 Å². The first-order valence-corrected chi connectivity index (χ1v) is 16.1. The number of aliphatic carboxylic acids is 1. The van der Waals surface area contributed by atoms with E-state index >= 15 is 0 Å². The quantitative estimate of drug-likeness (QED) is 0.262. The number of nitrogens with zero attached hydrogens (tertiary/aromatic N) is 2. The summed E-state index contributed by atoms with van der Waals surface area (Å²) in [6.07, 6.45) is 0.395. The first kappa shape index (κ1) is 34.4. The number of carbonyl (C=O) groups excluding carboxylic acids is 3. The molecule has 11 heteroatoms. The predicted octanol–water partition coefficient (Wildman–Crippen LogP) is 5.34. The number of carboxylic acid groups (broad SMARTS) is 1. The van der Waals surface area contributed by atoms with Crippen molar-refractivity contribution >= 4 is 34.8 Å². The van der Waals surface area contributed by atoms with E-state index in [9.17, 15) is 24.3 Å². The van der Waals surface area contributed by atoms with Gasteiger partial charge in [-0.3, -0.25) is 9.59 Å². The van der Waals surface area contributed by atoms with E-state index in [-0.39, 0.29) is 19.4 Å². The van der Waals surface area contributed by atoms with Crippen LogP contribution >= 0.6 is 0 Å². The van der Waals surface area contributed by atoms with Crippen LogP contribution in [0.15, 0.2) is 73.3 Å². The largest absolute Gasteiger partial charge is 0.488 e. The van der Waals surface area contributed by atoms with E-state index in [4.69, 9.17) is 14.5 Å². The van der Waals surface area contributed by atoms with Crippen LogP contribution < -0.4 is 15.4 Å². The highest BCUT2D eigenvalue weighted by Crippen LogP contribution is 2.45. The molecular weight excluding hydrogens is 612 g/mol. The summed E-state index contributed by atoms with van der Waals surface area (Å²) in [5.41, 5.74) is -0.742. The van der Waals surface area contributed by atoms with Crippen LogP contribution in [0.2, 0.25) is 0 Å². The molecule has 1 aromatic heterocycles. The molecule has 1 unspecified atom stereocenters. The summed E-state index contributed by atoms with van der Waals surface area (Å²) in [7, 11) is 0. The normalized spacial score (nSPS) is 22.8. The van der Waals surface area contributed by atoms with Crippen molar-refractivity contribution in [2.45, 2.75) is 83.7 Å². The van der Waals surface area contributed by atoms with Crippen molar-refractivity contribution in [1.82, 2.24) is 20.5 Å². The second-order valence-electron chi connectivity index (χ2n) is 14.6. The third-order valence-electron chi connectivity index (χ3n) is 8.69. The Kier molecular flexibility index (Phi) is 9.27. The Morgan fingerprint density at radius 2 is 1.71 bits per heavy atom. The zero-order chi connectivity index (χ0) is 35.0. The molecule has 0 spiro atoms. The van der Waals surface area contributed by atoms with Crippen LogP contribution in [-0.4, -0.2) is 74.7 Å². The van der Waals surface area contributed by atoms with Crippen molar-refractivity contribution in [3.63, 3.8) is 0 Å². The number of para-hydroxylation sites is 1. The van der Waals surface area contributed by atoms with Crippen molar-refractivity contribution in [3.05, 3.63) is 73.3 Å². The number of nitrogens with one attached hydrogen (secondary N) is 2. The molecule has 2 aliphatic rings. The number of benzene rings is 2. The number of hydrogen-bond acceptors (Lipinski definition) is 7. The van der Waals surface area contributed by atoms with E-state index in [0.29, 0.717) is 11.4 Å². The summed E-state index contributed by atoms with van der Waals surface area (Å²) >= 11 is 0. The second kappa shape index (κ2) is 12.9. The fourth-order valence-electron chi connectivity index (χ4n) is 6.11. The Morgan fingerprint density at radius 3 is 2.31 bits per heavy atom. The van der Waals surface area contributed by atoms with Gasteiger partial charge in [-0.1, -0.05) is 69.3 Å². The van der Waals surface area contributed by atoms with E-state index in [1.807, 2.05) is 60.7 Å². The Balaban J connectivity index is 1.48. The predicted molar refractivity (Wildman–Crippen MR) is 181 cm³/mol. The van der Waals surface area contributed by atoms with E-state index in [1.54, 1.807) is 41.5 Å². The number of hydrogen-bond donors (Lipinski definition) is 3. The molecule has 11 nitrogen and oxygen atoms in total. The van der Waals surface area contributed by atoms with Crippen LogP contribution in [0, 0.1) is 11.3 Å². The fraction of sp³-hybridized carbons (Fsp3) is 0.432. The molecule has 2 fully saturated rings. The van der Waals surface area contributed by atoms with Crippen molar-refractivity contribution in [3.8, 4) is 17.0 Å². The van der Waals surface area contributed by atoms with Gasteiger partial charge in [0.15, 0.2) is 0 Å². The van der Waals surface area contributed by atoms with E-state index in [1.165, 1.54) is 11.0 Å². The number of aromatic nitrogens is 1. The van der Waals surface area contributed by atoms with Crippen molar-refractivity contribution < 1.29 is 33.8 Å². The van der Waals surface area contributed by atoms with E-state index in [0.717, 1.165) is 16.5 Å². The first-order valence-electron chi connectivity index (χ1n) is 16.1. The van der Waals surface area contributed by atoms with Crippen LogP contribution in [-0.2, 0) is 19.1 Å². The van der Waals surface area contributed by atoms with Crippen molar-refractivity contribution in [1.29, 1.82) is 0 Å². The van der Waals surface area contributed by atoms with E-state index < -0.39 is 64.5 Å². The molecule has 1 saturated carbocycles. The molecule has 0 bridgehead atoms. The summed E-state index contributed by atoms with van der Waals surface area (Å²) in [5.74, 6) is -2.19. The number of carbonyl (C=O) groups is 4. The average Bonchev–Trinajstić information content (AvgIpc) is 3.58. The summed E-state index contributed by atoms with van der Waals surface area (Å²) in [6, 6.07) is 16.9. The number of ether oxygens (including phenoxy) is 2. The summed E-state index contributed by atoms with van der Waals surface area (Å²) in [5, 5.41) is 16.2. The van der Waals surface area contributed by atoms with Gasteiger partial charge in [0.1, 0.15) is 35.1 Å². The Labute approximate surface area is 280 Å². The SMILES string of the molecule is C=CC1C[C@@]1(NC(=O)[C@@H]1C[C@@H](Oc2cc(-c3ccccc3)nc3ccccc23)CN1C(=O)[C@@H](NC(=O)OC(C)(C)C)C(C)(C)C)C(=O)O. The van der Waals surface area contributed by atoms with Crippen LogP contribution in [0.5, 0.6) is 5.75 Å². The molecule has 3 aromatic rings. The highest BCUT2D eigenvalue weighted by atomic mass is 16.6. The first-order chi connectivity index (χ1) is 22.5. The van der Waals surface area contributed by atoms with Crippen molar-refractivity contribution in [2.24, 2.45) is 11.3 Å². The fourth-order valence-corrected chi connectivity index (χ4v) is 6.11. The van der Waals surface area contributed by atoms with Gasteiger partial charge in [-0.2, -0.15) is 0 Å². The summed E-state index contributed by atoms with van der Waals surface area (Å²) in [6.45, 7) is 14.3. The lowest BCUT2D eigenvalue weighted by molar-refractivity contribution is -0.146. The zero-order valence-electron chi connectivity index (χ0n) is 28.3. The van der Waals surface area contributed by atoms with Gasteiger partial charge >= 0.3 is 12.1 Å². The van der Waals surface area contributed by atoms with Gasteiger partial charge in [0.2, 0.25) is 11.8 Å². The molecule has 2 aromatic carbocycles. The maximum Gasteiger partial charge on any atom is 0.408 e. The molecule has 48 heavy (non-hydrogen) atoms. The number of alkyl carbamates (subject to hydrolysis) is 1. The zero-order valence-corrected chi connectivity index (χ0v) is 28.3. The molecule has 5 rings (SSSR count). The van der Waals surface area contributed by atoms with Crippen LogP contribution in [0.25, 0.3) is 22.2 Å². The second-order valence-corrected chi connectivity index (χ2v) is 14.6. The molecular formula is C37H44N4O7. The van der Waals surface area contributed by atoms with E-state index in [2.05, 4.69) is 17.2 Å². The maximum absolute atomic E-state index is 14.4. The summed E-state index contributed by atoms with van der Waals surface area (Å²) in [4.78, 5) is 59.6. The molecule has 3 amide bonds. The third kappa shape index (κ3) is 7.30. The number of likely N-dealkylation sites (tertiary alicyclic amines) is 1. The standard InChI is InChI=1S/C37H44N4O7/c1-8-23-20-37(23,33(44)45)40-31(42)28-18-24(21-41(28)32(43)30(35(2,3)4)39-34(46)48-36(5,6)7)47-29-19-27(22-14-10-9-11-15-22)38-26-17-13-12-16-25(26)29/h8-17,19,23-24,28,30H,1,18,20-21H2,2-7H3,(H,39,46)(H,40,42)(H,44,45)/t23?,24-,28+,30-,37+/m1/s1. The lowest BCUT2D eigenvalue weighted by Crippen LogP contribution is -2.59. The molecule has 1 aliphatic carbocycles. The molecule has 3 N–H and O–H groups in total. The minimum absolute atomic E-state index is 0.0157. The molecule has 5 atom stereocenters. The number of fused-ring (bicyclic) bond motifs is 1. The smallest absolute Gasteiger partial charge is 0.408 e. The van der Waals surface area contributed by atoms with Crippen LogP contribution in [0.4, 0.5) is 4.79 Å². The van der Waals surface area contributed by atoms with Gasteiger partial charge in [-0.05, 0) is 44.7 Å². The highest BCUT2D eigenvalue weighted by molar-refractivity contribution is 5.96. The Hall–Kier alpha value is -4.93. The summed E-state index contributed by atoms with van der Waals surface area (Å²) < 4.78 is 12.1. The van der Waals surface area contributed by atoms with Gasteiger partial charge in [0, 0.05) is 29.4 Å². The molecule has 0 radical (unpaired) electrons. The number of pyridine rings is 1. The third-order valence-corrected chi connectivity index (χ3v) is 8.69. The molecule has 254 valence electrons. The van der Waals surface area contributed by atoms with Crippen LogP contribution in [0.3, 0.4) is 0 Å². The van der Waals surface area contributed by atoms with Crippen molar-refractivity contribution in [2.75, 3.05) is 6.54 Å².